The van der Waals surface area contributed by atoms with Gasteiger partial charge < -0.3 is 4.90 Å². The van der Waals surface area contributed by atoms with Gasteiger partial charge in [-0.25, -0.2) is 0 Å². The van der Waals surface area contributed by atoms with Crippen LogP contribution in [0.1, 0.15) is 90.4 Å². The van der Waals surface area contributed by atoms with Crippen LogP contribution >= 0.6 is 0 Å². The second-order valence-corrected chi connectivity index (χ2v) is 7.13. The molecule has 0 bridgehead atoms. The maximum absolute atomic E-state index is 11.9. The molecule has 0 radical (unpaired) electrons. The van der Waals surface area contributed by atoms with Crippen molar-refractivity contribution in [2.75, 3.05) is 13.1 Å². The normalized spacial score (nSPS) is 15.8. The lowest BCUT2D eigenvalue weighted by atomic mass is 10.1. The van der Waals surface area contributed by atoms with Crippen molar-refractivity contribution in [2.45, 2.75) is 90.4 Å². The van der Waals surface area contributed by atoms with Gasteiger partial charge in [-0.2, -0.15) is 0 Å². The standard InChI is InChI=1S/C23H39NO/c1-2-3-4-5-6-7-8-9-10-11-12-13-14-15-17-20-23(25)24-21-18-16-19-22-24/h6-7,14-15,17,20H,2-5,8-13,16,18-19,21-22H2,1H3. The summed E-state index contributed by atoms with van der Waals surface area (Å²) < 4.78 is 0. The van der Waals surface area contributed by atoms with E-state index in [0.717, 1.165) is 32.4 Å². The van der Waals surface area contributed by atoms with E-state index in [4.69, 9.17) is 0 Å². The zero-order valence-corrected chi connectivity index (χ0v) is 16.4. The molecule has 0 aromatic rings. The number of rotatable bonds is 13. The molecular weight excluding hydrogens is 306 g/mol. The predicted octanol–water partition coefficient (Wildman–Crippen LogP) is 6.59. The first kappa shape index (κ1) is 21.7. The minimum atomic E-state index is 0.173. The van der Waals surface area contributed by atoms with E-state index in [-0.39, 0.29) is 5.91 Å². The number of carbonyl (C=O) groups is 1. The van der Waals surface area contributed by atoms with Gasteiger partial charge >= 0.3 is 0 Å². The summed E-state index contributed by atoms with van der Waals surface area (Å²) in [6.07, 6.45) is 29.0. The molecule has 0 aromatic heterocycles. The summed E-state index contributed by atoms with van der Waals surface area (Å²) in [6.45, 7) is 4.12. The smallest absolute Gasteiger partial charge is 0.246 e. The summed E-state index contributed by atoms with van der Waals surface area (Å²) in [5, 5.41) is 0. The molecule has 0 N–H and O–H groups in total. The fourth-order valence-electron chi connectivity index (χ4n) is 3.16. The number of hydrogen-bond acceptors (Lipinski definition) is 1. The molecule has 25 heavy (non-hydrogen) atoms. The SMILES string of the molecule is CCCCCC=CCCCCCCC=CC=CC(=O)N1CCCCC1. The first-order valence-corrected chi connectivity index (χ1v) is 10.6. The number of allylic oxidation sites excluding steroid dienone is 5. The fourth-order valence-corrected chi connectivity index (χ4v) is 3.16. The maximum atomic E-state index is 11.9. The fraction of sp³-hybridized carbons (Fsp3) is 0.696. The molecule has 1 rings (SSSR count). The van der Waals surface area contributed by atoms with E-state index in [0.29, 0.717) is 0 Å². The summed E-state index contributed by atoms with van der Waals surface area (Å²) in [7, 11) is 0. The van der Waals surface area contributed by atoms with Crippen LogP contribution in [-0.2, 0) is 4.79 Å². The van der Waals surface area contributed by atoms with Crippen molar-refractivity contribution in [3.05, 3.63) is 36.5 Å². The summed E-state index contributed by atoms with van der Waals surface area (Å²) >= 11 is 0. The molecule has 2 nitrogen and oxygen atoms in total. The Kier molecular flexibility index (Phi) is 14.1. The van der Waals surface area contributed by atoms with Gasteiger partial charge in [0.1, 0.15) is 0 Å². The van der Waals surface area contributed by atoms with Crippen LogP contribution in [0.2, 0.25) is 0 Å². The summed E-state index contributed by atoms with van der Waals surface area (Å²) in [5.41, 5.74) is 0. The van der Waals surface area contributed by atoms with Gasteiger partial charge in [-0.1, -0.05) is 63.0 Å². The van der Waals surface area contributed by atoms with E-state index in [1.807, 2.05) is 17.1 Å². The van der Waals surface area contributed by atoms with Crippen LogP contribution in [0.25, 0.3) is 0 Å². The van der Waals surface area contributed by atoms with Crippen molar-refractivity contribution in [3.63, 3.8) is 0 Å². The predicted molar refractivity (Wildman–Crippen MR) is 110 cm³/mol. The first-order valence-electron chi connectivity index (χ1n) is 10.6. The van der Waals surface area contributed by atoms with Gasteiger partial charge in [0, 0.05) is 19.2 Å². The number of nitrogens with zero attached hydrogens (tertiary/aromatic N) is 1. The molecule has 0 atom stereocenters. The van der Waals surface area contributed by atoms with Gasteiger partial charge in [0.25, 0.3) is 0 Å². The highest BCUT2D eigenvalue weighted by atomic mass is 16.2. The van der Waals surface area contributed by atoms with E-state index in [1.165, 1.54) is 64.2 Å². The summed E-state index contributed by atoms with van der Waals surface area (Å²) in [4.78, 5) is 13.9. The summed E-state index contributed by atoms with van der Waals surface area (Å²) in [5.74, 6) is 0.173. The molecule has 1 aliphatic rings. The van der Waals surface area contributed by atoms with Crippen molar-refractivity contribution in [2.24, 2.45) is 0 Å². The Morgan fingerprint density at radius 1 is 0.760 bits per heavy atom. The van der Waals surface area contributed by atoms with E-state index < -0.39 is 0 Å². The molecule has 1 aliphatic heterocycles. The highest BCUT2D eigenvalue weighted by Gasteiger charge is 2.12. The van der Waals surface area contributed by atoms with Crippen molar-refractivity contribution < 1.29 is 4.79 Å². The third kappa shape index (κ3) is 12.7. The molecule has 1 heterocycles. The number of hydrogen-bond donors (Lipinski definition) is 0. The van der Waals surface area contributed by atoms with Crippen LogP contribution in [0, 0.1) is 0 Å². The van der Waals surface area contributed by atoms with Gasteiger partial charge in [-0.05, 0) is 57.8 Å². The Labute approximate surface area is 156 Å². The molecule has 0 aromatic carbocycles. The second kappa shape index (κ2) is 16.2. The number of piperidine rings is 1. The largest absolute Gasteiger partial charge is 0.339 e. The van der Waals surface area contributed by atoms with Gasteiger partial charge in [-0.15, -0.1) is 0 Å². The Hall–Kier alpha value is -1.31. The van der Waals surface area contributed by atoms with Crippen LogP contribution in [0.5, 0.6) is 0 Å². The number of carbonyl (C=O) groups excluding carboxylic acids is 1. The molecule has 2 heteroatoms. The molecule has 0 saturated carbocycles. The third-order valence-electron chi connectivity index (χ3n) is 4.79. The van der Waals surface area contributed by atoms with Gasteiger partial charge in [0.2, 0.25) is 5.91 Å². The molecule has 0 spiro atoms. The quantitative estimate of drug-likeness (QED) is 0.160. The van der Waals surface area contributed by atoms with Crippen molar-refractivity contribution >= 4 is 5.91 Å². The Morgan fingerprint density at radius 3 is 2.00 bits per heavy atom. The minimum absolute atomic E-state index is 0.173. The molecule has 0 unspecified atom stereocenters. The molecule has 142 valence electrons. The average Bonchev–Trinajstić information content (AvgIpc) is 2.65. The monoisotopic (exact) mass is 345 g/mol. The van der Waals surface area contributed by atoms with Gasteiger partial charge in [-0.3, -0.25) is 4.79 Å². The lowest BCUT2D eigenvalue weighted by molar-refractivity contribution is -0.126. The average molecular weight is 346 g/mol. The zero-order valence-electron chi connectivity index (χ0n) is 16.4. The highest BCUT2D eigenvalue weighted by Crippen LogP contribution is 2.09. The molecular formula is C23H39NO. The highest BCUT2D eigenvalue weighted by molar-refractivity contribution is 5.87. The Bertz CT molecular complexity index is 402. The molecule has 0 aliphatic carbocycles. The summed E-state index contributed by atoms with van der Waals surface area (Å²) in [6, 6.07) is 0. The lowest BCUT2D eigenvalue weighted by Gasteiger charge is -2.25. The second-order valence-electron chi connectivity index (χ2n) is 7.13. The third-order valence-corrected chi connectivity index (χ3v) is 4.79. The van der Waals surface area contributed by atoms with Gasteiger partial charge in [0.15, 0.2) is 0 Å². The lowest BCUT2D eigenvalue weighted by Crippen LogP contribution is -2.34. The van der Waals surface area contributed by atoms with E-state index in [1.54, 1.807) is 6.08 Å². The van der Waals surface area contributed by atoms with Crippen LogP contribution < -0.4 is 0 Å². The van der Waals surface area contributed by atoms with E-state index in [9.17, 15) is 4.79 Å². The van der Waals surface area contributed by atoms with Crippen LogP contribution in [0.3, 0.4) is 0 Å². The van der Waals surface area contributed by atoms with Crippen molar-refractivity contribution in [3.8, 4) is 0 Å². The maximum Gasteiger partial charge on any atom is 0.246 e. The number of amides is 1. The van der Waals surface area contributed by atoms with Crippen molar-refractivity contribution in [1.29, 1.82) is 0 Å². The van der Waals surface area contributed by atoms with Crippen molar-refractivity contribution in [1.82, 2.24) is 4.90 Å². The Morgan fingerprint density at radius 2 is 1.36 bits per heavy atom. The van der Waals surface area contributed by atoms with Crippen LogP contribution in [-0.4, -0.2) is 23.9 Å². The van der Waals surface area contributed by atoms with E-state index in [2.05, 4.69) is 25.2 Å². The van der Waals surface area contributed by atoms with Crippen LogP contribution in [0.15, 0.2) is 36.5 Å². The topological polar surface area (TPSA) is 20.3 Å². The van der Waals surface area contributed by atoms with Gasteiger partial charge in [0.05, 0.1) is 0 Å². The minimum Gasteiger partial charge on any atom is -0.339 e. The first-order chi connectivity index (χ1) is 12.3. The number of unbranched alkanes of at least 4 members (excludes halogenated alkanes) is 8. The molecule has 1 amide bonds. The molecule has 1 saturated heterocycles. The Balaban J connectivity index is 1.91. The molecule has 1 fully saturated rings. The van der Waals surface area contributed by atoms with Crippen LogP contribution in [0.4, 0.5) is 0 Å². The number of likely N-dealkylation sites (tertiary alicyclic amines) is 1. The van der Waals surface area contributed by atoms with E-state index >= 15 is 0 Å². The zero-order chi connectivity index (χ0) is 18.0.